The van der Waals surface area contributed by atoms with E-state index in [0.717, 1.165) is 46.1 Å². The molecule has 8 heteroatoms. The third kappa shape index (κ3) is 7.11. The highest BCUT2D eigenvalue weighted by atomic mass is 16.6. The Morgan fingerprint density at radius 2 is 1.47 bits per heavy atom. The molecule has 1 aliphatic heterocycles. The first kappa shape index (κ1) is 30.2. The second-order valence-electron chi connectivity index (χ2n) is 12.5. The highest BCUT2D eigenvalue weighted by Gasteiger charge is 2.29. The molecule has 8 nitrogen and oxygen atoms in total. The zero-order valence-electron chi connectivity index (χ0n) is 26.4. The van der Waals surface area contributed by atoms with Gasteiger partial charge in [-0.05, 0) is 62.3 Å². The fourth-order valence-corrected chi connectivity index (χ4v) is 5.85. The molecule has 0 unspecified atom stereocenters. The predicted molar refractivity (Wildman–Crippen MR) is 175 cm³/mol. The zero-order chi connectivity index (χ0) is 31.4. The average molecular weight is 605 g/mol. The Morgan fingerprint density at radius 1 is 0.822 bits per heavy atom. The summed E-state index contributed by atoms with van der Waals surface area (Å²) in [7, 11) is 1.99. The minimum Gasteiger partial charge on any atom is -0.473 e. The van der Waals surface area contributed by atoms with Crippen LogP contribution >= 0.6 is 0 Å². The van der Waals surface area contributed by atoms with E-state index >= 15 is 0 Å². The van der Waals surface area contributed by atoms with Crippen molar-refractivity contribution in [3.63, 3.8) is 0 Å². The fourth-order valence-electron chi connectivity index (χ4n) is 5.85. The first-order chi connectivity index (χ1) is 21.7. The summed E-state index contributed by atoms with van der Waals surface area (Å²) >= 11 is 0. The second kappa shape index (κ2) is 13.0. The Labute approximate surface area is 264 Å². The zero-order valence-corrected chi connectivity index (χ0v) is 26.4. The van der Waals surface area contributed by atoms with E-state index in [1.165, 1.54) is 5.56 Å². The van der Waals surface area contributed by atoms with E-state index in [9.17, 15) is 4.79 Å². The van der Waals surface area contributed by atoms with Crippen LogP contribution in [-0.4, -0.2) is 44.4 Å². The molecule has 1 amide bonds. The van der Waals surface area contributed by atoms with Crippen LogP contribution in [0.5, 0.6) is 11.8 Å². The number of aryl methyl sites for hydroxylation is 1. The van der Waals surface area contributed by atoms with Gasteiger partial charge >= 0.3 is 6.09 Å². The molecule has 232 valence electrons. The number of fused-ring (bicyclic) bond motifs is 1. The second-order valence-corrected chi connectivity index (χ2v) is 12.5. The number of rotatable bonds is 8. The van der Waals surface area contributed by atoms with Gasteiger partial charge < -0.3 is 19.1 Å². The van der Waals surface area contributed by atoms with Crippen LogP contribution in [0, 0.1) is 0 Å². The highest BCUT2D eigenvalue weighted by Crippen LogP contribution is 2.39. The number of ether oxygens (including phenoxy) is 3. The summed E-state index contributed by atoms with van der Waals surface area (Å²) in [5.41, 5.74) is 5.55. The van der Waals surface area contributed by atoms with Gasteiger partial charge in [0.25, 0.3) is 0 Å². The van der Waals surface area contributed by atoms with Crippen molar-refractivity contribution >= 4 is 17.0 Å². The summed E-state index contributed by atoms with van der Waals surface area (Å²) in [6.45, 7) is 7.80. The third-order valence-electron chi connectivity index (χ3n) is 8.02. The predicted octanol–water partition coefficient (Wildman–Crippen LogP) is 7.91. The SMILES string of the molecule is Cn1nc(-c2ccc(OCc3ccccc3)nc2OCc2ccccc2)c2cccc(C3CCN(C(=O)OC(C)(C)C)CC3)c21. The molecule has 5 aromatic rings. The summed E-state index contributed by atoms with van der Waals surface area (Å²) in [5.74, 6) is 1.26. The van der Waals surface area contributed by atoms with Gasteiger partial charge in [0.1, 0.15) is 24.5 Å². The van der Waals surface area contributed by atoms with Crippen LogP contribution < -0.4 is 9.47 Å². The molecule has 0 radical (unpaired) electrons. The van der Waals surface area contributed by atoms with E-state index in [4.69, 9.17) is 24.3 Å². The number of pyridine rings is 1. The van der Waals surface area contributed by atoms with Crippen molar-refractivity contribution in [2.75, 3.05) is 13.1 Å². The number of carbonyl (C=O) groups is 1. The lowest BCUT2D eigenvalue weighted by molar-refractivity contribution is 0.0205. The Morgan fingerprint density at radius 3 is 2.11 bits per heavy atom. The van der Waals surface area contributed by atoms with Crippen LogP contribution in [0.1, 0.15) is 56.2 Å². The van der Waals surface area contributed by atoms with Gasteiger partial charge in [0.05, 0.1) is 11.1 Å². The molecule has 0 N–H and O–H groups in total. The molecule has 1 saturated heterocycles. The molecular weight excluding hydrogens is 564 g/mol. The number of benzene rings is 3. The number of nitrogens with zero attached hydrogens (tertiary/aromatic N) is 4. The van der Waals surface area contributed by atoms with Gasteiger partial charge in [0, 0.05) is 31.6 Å². The molecule has 1 fully saturated rings. The van der Waals surface area contributed by atoms with Crippen molar-refractivity contribution in [3.05, 3.63) is 108 Å². The molecule has 2 aromatic heterocycles. The molecular formula is C37H40N4O4. The minimum absolute atomic E-state index is 0.242. The van der Waals surface area contributed by atoms with Crippen LogP contribution in [0.3, 0.4) is 0 Å². The van der Waals surface area contributed by atoms with E-state index in [0.29, 0.717) is 44.0 Å². The summed E-state index contributed by atoms with van der Waals surface area (Å²) in [6, 6.07) is 30.3. The van der Waals surface area contributed by atoms with Gasteiger partial charge in [-0.3, -0.25) is 4.68 Å². The van der Waals surface area contributed by atoms with Crippen LogP contribution in [0.25, 0.3) is 22.2 Å². The number of hydrogen-bond donors (Lipinski definition) is 0. The van der Waals surface area contributed by atoms with Gasteiger partial charge in [0.2, 0.25) is 11.8 Å². The molecule has 0 bridgehead atoms. The van der Waals surface area contributed by atoms with Crippen molar-refractivity contribution in [1.29, 1.82) is 0 Å². The van der Waals surface area contributed by atoms with Gasteiger partial charge in [-0.1, -0.05) is 78.9 Å². The standard InChI is InChI=1S/C37H40N4O4/c1-37(2,3)45-36(42)41-22-20-28(21-23-41)29-16-11-17-30-33(39-40(4)34(29)30)31-18-19-32(43-24-26-12-7-5-8-13-26)38-35(31)44-25-27-14-9-6-10-15-27/h5-19,28H,20-25H2,1-4H3. The van der Waals surface area contributed by atoms with Gasteiger partial charge in [-0.25, -0.2) is 4.79 Å². The van der Waals surface area contributed by atoms with Crippen molar-refractivity contribution in [2.45, 2.75) is 58.3 Å². The first-order valence-electron chi connectivity index (χ1n) is 15.5. The molecule has 1 aliphatic rings. The maximum absolute atomic E-state index is 12.7. The molecule has 0 atom stereocenters. The van der Waals surface area contributed by atoms with Crippen LogP contribution in [-0.2, 0) is 25.0 Å². The normalized spacial score (nSPS) is 14.0. The number of amides is 1. The Hall–Kier alpha value is -4.85. The van der Waals surface area contributed by atoms with Crippen molar-refractivity contribution in [3.8, 4) is 23.0 Å². The lowest BCUT2D eigenvalue weighted by Gasteiger charge is -2.33. The van der Waals surface area contributed by atoms with E-state index in [-0.39, 0.29) is 6.09 Å². The van der Waals surface area contributed by atoms with Crippen molar-refractivity contribution in [2.24, 2.45) is 7.05 Å². The summed E-state index contributed by atoms with van der Waals surface area (Å²) in [5, 5.41) is 6.05. The minimum atomic E-state index is -0.505. The molecule has 3 heterocycles. The van der Waals surface area contributed by atoms with E-state index in [2.05, 4.69) is 18.2 Å². The van der Waals surface area contributed by atoms with Crippen LogP contribution in [0.2, 0.25) is 0 Å². The quantitative estimate of drug-likeness (QED) is 0.179. The molecule has 0 spiro atoms. The van der Waals surface area contributed by atoms with E-state index < -0.39 is 5.60 Å². The van der Waals surface area contributed by atoms with Crippen molar-refractivity contribution < 1.29 is 19.0 Å². The van der Waals surface area contributed by atoms with Crippen LogP contribution in [0.4, 0.5) is 4.79 Å². The maximum atomic E-state index is 12.7. The van der Waals surface area contributed by atoms with Crippen molar-refractivity contribution in [1.82, 2.24) is 19.7 Å². The fraction of sp³-hybridized carbons (Fsp3) is 0.324. The number of likely N-dealkylation sites (tertiary alicyclic amines) is 1. The third-order valence-corrected chi connectivity index (χ3v) is 8.02. The Balaban J connectivity index is 1.29. The molecule has 3 aromatic carbocycles. The van der Waals surface area contributed by atoms with Gasteiger partial charge in [0.15, 0.2) is 0 Å². The Kier molecular flexibility index (Phi) is 8.74. The topological polar surface area (TPSA) is 78.7 Å². The molecule has 0 aliphatic carbocycles. The average Bonchev–Trinajstić information content (AvgIpc) is 3.39. The lowest BCUT2D eigenvalue weighted by Crippen LogP contribution is -2.41. The number of carbonyl (C=O) groups excluding carboxylic acids is 1. The smallest absolute Gasteiger partial charge is 0.410 e. The van der Waals surface area contributed by atoms with Crippen LogP contribution in [0.15, 0.2) is 91.0 Å². The van der Waals surface area contributed by atoms with Gasteiger partial charge in [-0.15, -0.1) is 0 Å². The Bertz CT molecular complexity index is 1750. The summed E-state index contributed by atoms with van der Waals surface area (Å²) in [4.78, 5) is 19.3. The summed E-state index contributed by atoms with van der Waals surface area (Å²) < 4.78 is 20.0. The number of para-hydroxylation sites is 1. The number of piperidine rings is 1. The molecule has 45 heavy (non-hydrogen) atoms. The molecule has 0 saturated carbocycles. The summed E-state index contributed by atoms with van der Waals surface area (Å²) in [6.07, 6.45) is 1.48. The number of hydrogen-bond acceptors (Lipinski definition) is 6. The monoisotopic (exact) mass is 604 g/mol. The number of aromatic nitrogens is 3. The van der Waals surface area contributed by atoms with Gasteiger partial charge in [-0.2, -0.15) is 10.1 Å². The first-order valence-corrected chi connectivity index (χ1v) is 15.5. The largest absolute Gasteiger partial charge is 0.473 e. The lowest BCUT2D eigenvalue weighted by atomic mass is 9.88. The molecule has 6 rings (SSSR count). The highest BCUT2D eigenvalue weighted by molar-refractivity contribution is 5.96. The van der Waals surface area contributed by atoms with E-state index in [1.807, 2.05) is 110 Å². The maximum Gasteiger partial charge on any atom is 0.410 e. The van der Waals surface area contributed by atoms with E-state index in [1.54, 1.807) is 0 Å².